The average Bonchev–Trinajstić information content (AvgIpc) is 3.45. The summed E-state index contributed by atoms with van der Waals surface area (Å²) >= 11 is 0. The lowest BCUT2D eigenvalue weighted by molar-refractivity contribution is -0.110. The van der Waals surface area contributed by atoms with Gasteiger partial charge in [-0.1, -0.05) is 12.1 Å². The molecular formula is C31H35N5O5. The van der Waals surface area contributed by atoms with E-state index in [0.717, 1.165) is 44.7 Å². The van der Waals surface area contributed by atoms with E-state index in [-0.39, 0.29) is 24.0 Å². The van der Waals surface area contributed by atoms with Gasteiger partial charge in [-0.2, -0.15) is 0 Å². The third-order valence-electron chi connectivity index (χ3n) is 7.71. The number of hydrogen-bond acceptors (Lipinski definition) is 7. The Hall–Kier alpha value is -4.28. The van der Waals surface area contributed by atoms with Crippen LogP contribution in [0.15, 0.2) is 36.7 Å². The van der Waals surface area contributed by atoms with E-state index in [1.165, 1.54) is 6.20 Å². The minimum absolute atomic E-state index is 0.0598. The number of amides is 1. The van der Waals surface area contributed by atoms with Crippen LogP contribution in [0.3, 0.4) is 0 Å². The molecule has 0 unspecified atom stereocenters. The van der Waals surface area contributed by atoms with E-state index >= 15 is 0 Å². The Labute approximate surface area is 239 Å². The van der Waals surface area contributed by atoms with Crippen LogP contribution in [-0.2, 0) is 16.0 Å². The third kappa shape index (κ3) is 5.94. The highest BCUT2D eigenvalue weighted by Gasteiger charge is 2.29. The van der Waals surface area contributed by atoms with Crippen molar-refractivity contribution < 1.29 is 24.2 Å². The van der Waals surface area contributed by atoms with Crippen molar-refractivity contribution in [3.05, 3.63) is 70.3 Å². The van der Waals surface area contributed by atoms with Gasteiger partial charge in [-0.05, 0) is 69.6 Å². The summed E-state index contributed by atoms with van der Waals surface area (Å²) in [6.45, 7) is 8.91. The zero-order valence-corrected chi connectivity index (χ0v) is 23.6. The molecule has 2 aliphatic heterocycles. The molecule has 1 aromatic carbocycles. The van der Waals surface area contributed by atoms with Crippen LogP contribution < -0.4 is 5.32 Å². The van der Waals surface area contributed by atoms with Crippen molar-refractivity contribution in [2.45, 2.75) is 26.7 Å². The number of aromatic amines is 1. The fourth-order valence-electron chi connectivity index (χ4n) is 5.59. The first-order chi connectivity index (χ1) is 19.8. The number of aromatic nitrogens is 2. The Kier molecular flexibility index (Phi) is 8.32. The lowest BCUT2D eigenvalue weighted by atomic mass is 9.94. The Morgan fingerprint density at radius 2 is 1.95 bits per heavy atom. The number of piperazine rings is 1. The van der Waals surface area contributed by atoms with Crippen LogP contribution in [0.1, 0.15) is 56.6 Å². The lowest BCUT2D eigenvalue weighted by Gasteiger charge is -2.32. The Morgan fingerprint density at radius 1 is 1.17 bits per heavy atom. The fourth-order valence-corrected chi connectivity index (χ4v) is 5.59. The molecule has 10 nitrogen and oxygen atoms in total. The zero-order chi connectivity index (χ0) is 29.1. The first kappa shape index (κ1) is 28.3. The SMILES string of the molecule is CCOC(=O)c1c(C)[nH]c(C=C2C(=O)Nc3cccc(-c4cncc(C(=O)O)c4)c32)c1CCCN1CCN(C)CC1. The molecule has 1 amide bonds. The number of nitrogens with zero attached hydrogens (tertiary/aromatic N) is 3. The smallest absolute Gasteiger partial charge is 0.340 e. The topological polar surface area (TPSA) is 128 Å². The maximum absolute atomic E-state index is 13.3. The number of hydrogen-bond donors (Lipinski definition) is 3. The summed E-state index contributed by atoms with van der Waals surface area (Å²) in [6.07, 6.45) is 6.17. The first-order valence-corrected chi connectivity index (χ1v) is 13.9. The van der Waals surface area contributed by atoms with E-state index in [0.29, 0.717) is 51.3 Å². The van der Waals surface area contributed by atoms with Gasteiger partial charge in [0, 0.05) is 66.8 Å². The molecular weight excluding hydrogens is 522 g/mol. The van der Waals surface area contributed by atoms with Crippen LogP contribution in [0.25, 0.3) is 22.8 Å². The second kappa shape index (κ2) is 12.1. The maximum Gasteiger partial charge on any atom is 0.340 e. The van der Waals surface area contributed by atoms with Crippen molar-refractivity contribution in [1.82, 2.24) is 19.8 Å². The molecule has 1 fully saturated rings. The summed E-state index contributed by atoms with van der Waals surface area (Å²) in [6, 6.07) is 7.02. The monoisotopic (exact) mass is 557 g/mol. The number of ether oxygens (including phenoxy) is 1. The van der Waals surface area contributed by atoms with Crippen LogP contribution in [0.5, 0.6) is 0 Å². The Balaban J connectivity index is 1.53. The van der Waals surface area contributed by atoms with Crippen molar-refractivity contribution in [1.29, 1.82) is 0 Å². The number of pyridine rings is 1. The molecule has 0 saturated carbocycles. The van der Waals surface area contributed by atoms with Gasteiger partial charge in [0.1, 0.15) is 0 Å². The van der Waals surface area contributed by atoms with E-state index in [9.17, 15) is 19.5 Å². The Bertz CT molecular complexity index is 1520. The summed E-state index contributed by atoms with van der Waals surface area (Å²) in [5.74, 6) is -1.73. The van der Waals surface area contributed by atoms with E-state index in [1.54, 1.807) is 25.3 Å². The van der Waals surface area contributed by atoms with Gasteiger partial charge in [0.2, 0.25) is 0 Å². The maximum atomic E-state index is 13.3. The summed E-state index contributed by atoms with van der Waals surface area (Å²) in [7, 11) is 2.13. The number of carbonyl (C=O) groups is 3. The van der Waals surface area contributed by atoms with Gasteiger partial charge in [0.05, 0.1) is 23.3 Å². The summed E-state index contributed by atoms with van der Waals surface area (Å²) in [4.78, 5) is 50.1. The molecule has 1 saturated heterocycles. The molecule has 0 aliphatic carbocycles. The van der Waals surface area contributed by atoms with Gasteiger partial charge in [-0.15, -0.1) is 0 Å². The van der Waals surface area contributed by atoms with Gasteiger partial charge in [0.15, 0.2) is 0 Å². The number of carboxylic acids is 1. The molecule has 4 heterocycles. The number of rotatable bonds is 9. The van der Waals surface area contributed by atoms with Gasteiger partial charge in [0.25, 0.3) is 5.91 Å². The average molecular weight is 558 g/mol. The molecule has 5 rings (SSSR count). The number of aryl methyl sites for hydroxylation is 1. The normalized spacial score (nSPS) is 16.6. The van der Waals surface area contributed by atoms with Crippen molar-refractivity contribution in [3.8, 4) is 11.1 Å². The quantitative estimate of drug-likeness (QED) is 0.267. The molecule has 0 atom stereocenters. The highest BCUT2D eigenvalue weighted by Crippen LogP contribution is 2.41. The minimum atomic E-state index is -1.08. The molecule has 3 aromatic rings. The number of likely N-dealkylation sites (N-methyl/N-ethyl adjacent to an activating group) is 1. The van der Waals surface area contributed by atoms with Crippen LogP contribution in [0.2, 0.25) is 0 Å². The molecule has 214 valence electrons. The highest BCUT2D eigenvalue weighted by molar-refractivity contribution is 6.36. The van der Waals surface area contributed by atoms with Crippen LogP contribution >= 0.6 is 0 Å². The first-order valence-electron chi connectivity index (χ1n) is 13.9. The zero-order valence-electron chi connectivity index (χ0n) is 23.6. The minimum Gasteiger partial charge on any atom is -0.478 e. The van der Waals surface area contributed by atoms with Gasteiger partial charge < -0.3 is 29.9 Å². The molecule has 0 bridgehead atoms. The number of carboxylic acid groups (broad SMARTS) is 1. The number of carbonyl (C=O) groups excluding carboxylic acids is 2. The van der Waals surface area contributed by atoms with Crippen molar-refractivity contribution in [2.75, 3.05) is 51.7 Å². The van der Waals surface area contributed by atoms with E-state index < -0.39 is 5.97 Å². The summed E-state index contributed by atoms with van der Waals surface area (Å²) in [5, 5.41) is 12.4. The van der Waals surface area contributed by atoms with Gasteiger partial charge in [-0.25, -0.2) is 9.59 Å². The molecule has 3 N–H and O–H groups in total. The lowest BCUT2D eigenvalue weighted by Crippen LogP contribution is -2.44. The van der Waals surface area contributed by atoms with Gasteiger partial charge in [-0.3, -0.25) is 9.78 Å². The molecule has 2 aromatic heterocycles. The second-order valence-electron chi connectivity index (χ2n) is 10.5. The Morgan fingerprint density at radius 3 is 2.68 bits per heavy atom. The molecule has 10 heteroatoms. The van der Waals surface area contributed by atoms with Crippen molar-refractivity contribution in [3.63, 3.8) is 0 Å². The fraction of sp³-hybridized carbons (Fsp3) is 0.355. The van der Waals surface area contributed by atoms with Crippen LogP contribution in [0, 0.1) is 6.92 Å². The number of fused-ring (bicyclic) bond motifs is 1. The molecule has 41 heavy (non-hydrogen) atoms. The number of benzene rings is 1. The largest absolute Gasteiger partial charge is 0.478 e. The number of anilines is 1. The summed E-state index contributed by atoms with van der Waals surface area (Å²) < 4.78 is 5.40. The predicted molar refractivity (Wildman–Crippen MR) is 157 cm³/mol. The molecule has 0 spiro atoms. The van der Waals surface area contributed by atoms with E-state index in [2.05, 4.69) is 32.1 Å². The van der Waals surface area contributed by atoms with E-state index in [4.69, 9.17) is 4.74 Å². The van der Waals surface area contributed by atoms with Gasteiger partial charge >= 0.3 is 11.9 Å². The number of aromatic carboxylic acids is 1. The number of H-pyrrole nitrogens is 1. The second-order valence-corrected chi connectivity index (χ2v) is 10.5. The van der Waals surface area contributed by atoms with Crippen LogP contribution in [-0.4, -0.2) is 89.1 Å². The van der Waals surface area contributed by atoms with Crippen LogP contribution in [0.4, 0.5) is 5.69 Å². The highest BCUT2D eigenvalue weighted by atomic mass is 16.5. The standard InChI is InChI=1S/C31H35N5O5/c1-4-41-31(40)27-19(2)33-26(23(27)8-6-10-36-13-11-35(3)12-14-36)16-24-28-22(7-5-9-25(28)34-29(24)37)20-15-21(30(38)39)18-32-17-20/h5,7,9,15-18,33H,4,6,8,10-14H2,1-3H3,(H,34,37)(H,38,39). The van der Waals surface area contributed by atoms with E-state index in [1.807, 2.05) is 25.1 Å². The molecule has 2 aliphatic rings. The van der Waals surface area contributed by atoms with Crippen molar-refractivity contribution >= 4 is 35.2 Å². The van der Waals surface area contributed by atoms with Crippen molar-refractivity contribution in [2.24, 2.45) is 0 Å². The number of nitrogens with one attached hydrogen (secondary N) is 2. The molecule has 0 radical (unpaired) electrons. The predicted octanol–water partition coefficient (Wildman–Crippen LogP) is 3.93. The third-order valence-corrected chi connectivity index (χ3v) is 7.71. The summed E-state index contributed by atoms with van der Waals surface area (Å²) in [5.41, 5.74) is 5.78. The number of esters is 1.